The first-order valence-electron chi connectivity index (χ1n) is 8.17. The molecule has 2 aliphatic heterocycles. The molecule has 1 atom stereocenters. The van der Waals surface area contributed by atoms with E-state index in [1.807, 2.05) is 0 Å². The van der Waals surface area contributed by atoms with Crippen LogP contribution in [0.5, 0.6) is 0 Å². The Labute approximate surface area is 155 Å². The lowest BCUT2D eigenvalue weighted by atomic mass is 9.98. The molecule has 1 aromatic rings. The van der Waals surface area contributed by atoms with Gasteiger partial charge in [0, 0.05) is 4.91 Å². The lowest BCUT2D eigenvalue weighted by Gasteiger charge is -2.24. The molecule has 1 unspecified atom stereocenters. The number of urea groups is 1. The maximum atomic E-state index is 12.7. The Kier molecular flexibility index (Phi) is 5.02. The van der Waals surface area contributed by atoms with E-state index in [-0.39, 0.29) is 18.1 Å². The van der Waals surface area contributed by atoms with E-state index in [4.69, 9.17) is 0 Å². The number of alkyl halides is 3. The maximum absolute atomic E-state index is 12.7. The Balaban J connectivity index is 1.99. The lowest BCUT2D eigenvalue weighted by Crippen LogP contribution is -2.53. The van der Waals surface area contributed by atoms with E-state index in [0.29, 0.717) is 10.5 Å². The number of thioether (sulfide) groups is 1. The van der Waals surface area contributed by atoms with Crippen molar-refractivity contribution in [3.8, 4) is 0 Å². The van der Waals surface area contributed by atoms with Crippen LogP contribution in [0.1, 0.15) is 20.3 Å². The van der Waals surface area contributed by atoms with Crippen LogP contribution < -0.4 is 5.69 Å². The van der Waals surface area contributed by atoms with E-state index in [2.05, 4.69) is 10.2 Å². The summed E-state index contributed by atoms with van der Waals surface area (Å²) in [6.45, 7) is 2.91. The molecule has 8 nitrogen and oxygen atoms in total. The summed E-state index contributed by atoms with van der Waals surface area (Å²) in [6.07, 6.45) is -4.30. The predicted octanol–water partition coefficient (Wildman–Crippen LogP) is 1.55. The van der Waals surface area contributed by atoms with Crippen molar-refractivity contribution in [3.05, 3.63) is 27.3 Å². The molecule has 0 saturated heterocycles. The number of allylic oxidation sites excluding steroid dienone is 1. The Morgan fingerprint density at radius 3 is 2.59 bits per heavy atom. The number of H-pyrrole nitrogens is 1. The second-order valence-corrected chi connectivity index (χ2v) is 7.27. The third kappa shape index (κ3) is 3.57. The molecular formula is C15H17F3N5O3S+. The van der Waals surface area contributed by atoms with Crippen LogP contribution in [0.3, 0.4) is 0 Å². The fourth-order valence-corrected chi connectivity index (χ4v) is 4.44. The molecular weight excluding hydrogens is 387 g/mol. The molecule has 0 radical (unpaired) electrons. The Bertz CT molecular complexity index is 914. The Morgan fingerprint density at radius 2 is 2.04 bits per heavy atom. The molecule has 0 aromatic carbocycles. The van der Waals surface area contributed by atoms with Crippen molar-refractivity contribution in [1.82, 2.24) is 19.7 Å². The van der Waals surface area contributed by atoms with Crippen molar-refractivity contribution in [3.63, 3.8) is 0 Å². The van der Waals surface area contributed by atoms with Gasteiger partial charge in [-0.1, -0.05) is 11.8 Å². The molecule has 1 aromatic heterocycles. The van der Waals surface area contributed by atoms with Gasteiger partial charge in [-0.05, 0) is 19.4 Å². The van der Waals surface area contributed by atoms with Gasteiger partial charge in [0.25, 0.3) is 0 Å². The SMILES string of the molecule is CCN1C(=O)C2C(C)=C(Cn3cn[nH]c3=O)SC2=[N+](CCC(F)(F)F)C1=O. The van der Waals surface area contributed by atoms with Gasteiger partial charge in [0.2, 0.25) is 0 Å². The minimum absolute atomic E-state index is 0.0679. The van der Waals surface area contributed by atoms with Crippen LogP contribution in [0.2, 0.25) is 0 Å². The van der Waals surface area contributed by atoms with E-state index in [1.54, 1.807) is 13.8 Å². The molecule has 3 amide bonds. The van der Waals surface area contributed by atoms with Crippen molar-refractivity contribution < 1.29 is 27.3 Å². The normalized spacial score (nSPS) is 20.8. The van der Waals surface area contributed by atoms with Gasteiger partial charge in [0.1, 0.15) is 12.9 Å². The maximum Gasteiger partial charge on any atom is 0.501 e. The molecule has 2 aliphatic rings. The summed E-state index contributed by atoms with van der Waals surface area (Å²) in [6, 6.07) is -0.750. The van der Waals surface area contributed by atoms with Crippen LogP contribution in [0, 0.1) is 5.92 Å². The van der Waals surface area contributed by atoms with Crippen LogP contribution in [0.25, 0.3) is 0 Å². The van der Waals surface area contributed by atoms with Crippen LogP contribution in [0.15, 0.2) is 21.6 Å². The van der Waals surface area contributed by atoms with E-state index in [1.165, 1.54) is 10.9 Å². The van der Waals surface area contributed by atoms with Crippen LogP contribution in [-0.2, 0) is 11.3 Å². The number of aromatic amines is 1. The number of hydrogen-bond acceptors (Lipinski definition) is 5. The van der Waals surface area contributed by atoms with Gasteiger partial charge in [-0.2, -0.15) is 32.5 Å². The fraction of sp³-hybridized carbons (Fsp3) is 0.533. The zero-order chi connectivity index (χ0) is 19.9. The number of imide groups is 1. The van der Waals surface area contributed by atoms with Gasteiger partial charge in [-0.15, -0.1) is 0 Å². The predicted molar refractivity (Wildman–Crippen MR) is 90.2 cm³/mol. The van der Waals surface area contributed by atoms with Crippen LogP contribution >= 0.6 is 11.8 Å². The first-order chi connectivity index (χ1) is 12.6. The number of aromatic nitrogens is 3. The Morgan fingerprint density at radius 1 is 1.33 bits per heavy atom. The van der Waals surface area contributed by atoms with Gasteiger partial charge in [-0.3, -0.25) is 4.57 Å². The molecule has 146 valence electrons. The largest absolute Gasteiger partial charge is 0.501 e. The first kappa shape index (κ1) is 19.4. The van der Waals surface area contributed by atoms with Crippen LogP contribution in [-0.4, -0.2) is 60.5 Å². The van der Waals surface area contributed by atoms with E-state index >= 15 is 0 Å². The highest BCUT2D eigenvalue weighted by Crippen LogP contribution is 2.41. The molecule has 0 spiro atoms. The number of rotatable bonds is 5. The zero-order valence-electron chi connectivity index (χ0n) is 14.5. The van der Waals surface area contributed by atoms with Gasteiger partial charge in [0.15, 0.2) is 11.0 Å². The van der Waals surface area contributed by atoms with Crippen molar-refractivity contribution in [1.29, 1.82) is 0 Å². The smallest absolute Gasteiger partial charge is 0.277 e. The summed E-state index contributed by atoms with van der Waals surface area (Å²) >= 11 is 1.07. The summed E-state index contributed by atoms with van der Waals surface area (Å²) < 4.78 is 40.4. The average Bonchev–Trinajstić information content (AvgIpc) is 3.11. The summed E-state index contributed by atoms with van der Waals surface area (Å²) in [5.41, 5.74) is 0.179. The number of hydrogen-bond donors (Lipinski definition) is 1. The molecule has 0 fully saturated rings. The number of halogens is 3. The molecule has 0 aliphatic carbocycles. The van der Waals surface area contributed by atoms with Crippen LogP contribution in [0.4, 0.5) is 18.0 Å². The van der Waals surface area contributed by atoms with Gasteiger partial charge >= 0.3 is 23.8 Å². The summed E-state index contributed by atoms with van der Waals surface area (Å²) in [5, 5.41) is 6.14. The van der Waals surface area contributed by atoms with Crippen molar-refractivity contribution >= 4 is 28.7 Å². The van der Waals surface area contributed by atoms with Crippen molar-refractivity contribution in [2.75, 3.05) is 13.1 Å². The second-order valence-electron chi connectivity index (χ2n) is 6.15. The second kappa shape index (κ2) is 6.98. The zero-order valence-corrected chi connectivity index (χ0v) is 15.4. The number of nitrogens with one attached hydrogen (secondary N) is 1. The quantitative estimate of drug-likeness (QED) is 0.752. The molecule has 12 heteroatoms. The molecule has 0 saturated carbocycles. The third-order valence-corrected chi connectivity index (χ3v) is 5.82. The highest BCUT2D eigenvalue weighted by molar-refractivity contribution is 8.17. The summed E-state index contributed by atoms with van der Waals surface area (Å²) in [5.74, 6) is -1.27. The minimum atomic E-state index is -4.42. The number of carbonyl (C=O) groups is 2. The molecule has 1 N–H and O–H groups in total. The standard InChI is InChI=1S/C15H16F3N5O3S/c1-3-22-11(24)10-8(2)9(6-21-7-19-20-13(21)25)27-12(10)23(14(22)26)5-4-15(16,17)18/h7,10H,3-6H2,1-2H3/p+1. The number of fused-ring (bicyclic) bond motifs is 1. The highest BCUT2D eigenvalue weighted by Gasteiger charge is 2.52. The first-order valence-corrected chi connectivity index (χ1v) is 8.99. The fourth-order valence-electron chi connectivity index (χ4n) is 3.03. The van der Waals surface area contributed by atoms with E-state index < -0.39 is 42.7 Å². The van der Waals surface area contributed by atoms with Gasteiger partial charge in [0.05, 0.1) is 19.5 Å². The number of carbonyl (C=O) groups excluding carboxylic acids is 2. The summed E-state index contributed by atoms with van der Waals surface area (Å²) in [7, 11) is 0. The van der Waals surface area contributed by atoms with E-state index in [9.17, 15) is 27.6 Å². The topological polar surface area (TPSA) is 91.1 Å². The highest BCUT2D eigenvalue weighted by atomic mass is 32.2. The molecule has 0 bridgehead atoms. The number of amides is 3. The third-order valence-electron chi connectivity index (χ3n) is 4.46. The van der Waals surface area contributed by atoms with Gasteiger partial charge in [-0.25, -0.2) is 14.7 Å². The number of nitrogens with zero attached hydrogens (tertiary/aromatic N) is 4. The monoisotopic (exact) mass is 404 g/mol. The Hall–Kier alpha value is -2.37. The molecule has 27 heavy (non-hydrogen) atoms. The van der Waals surface area contributed by atoms with Crippen molar-refractivity contribution in [2.45, 2.75) is 33.0 Å². The molecule has 3 heterocycles. The van der Waals surface area contributed by atoms with Gasteiger partial charge < -0.3 is 0 Å². The molecule has 3 rings (SSSR count). The van der Waals surface area contributed by atoms with E-state index in [0.717, 1.165) is 21.2 Å². The minimum Gasteiger partial charge on any atom is -0.277 e. The lowest BCUT2D eigenvalue weighted by molar-refractivity contribution is -0.445. The average molecular weight is 404 g/mol. The summed E-state index contributed by atoms with van der Waals surface area (Å²) in [4.78, 5) is 38.5. The van der Waals surface area contributed by atoms with Crippen molar-refractivity contribution in [2.24, 2.45) is 5.92 Å².